The summed E-state index contributed by atoms with van der Waals surface area (Å²) in [6, 6.07) is 6.74. The maximum absolute atomic E-state index is 12.4. The van der Waals surface area contributed by atoms with Crippen LogP contribution >= 0.6 is 0 Å². The third-order valence-electron chi connectivity index (χ3n) is 5.01. The third kappa shape index (κ3) is 8.47. The first-order chi connectivity index (χ1) is 14.6. The first-order valence-electron chi connectivity index (χ1n) is 10.6. The highest BCUT2D eigenvalue weighted by Gasteiger charge is 2.27. The molecular weight excluding hydrogens is 400 g/mol. The van der Waals surface area contributed by atoms with Crippen molar-refractivity contribution < 1.29 is 28.6 Å². The molecule has 172 valence electrons. The number of benzene rings is 1. The lowest BCUT2D eigenvalue weighted by Crippen LogP contribution is -2.42. The van der Waals surface area contributed by atoms with Gasteiger partial charge in [0.25, 0.3) is 0 Å². The quantitative estimate of drug-likeness (QED) is 0.661. The number of hydrogen-bond donors (Lipinski definition) is 1. The Morgan fingerprint density at radius 3 is 2.26 bits per heavy atom. The van der Waals surface area contributed by atoms with Gasteiger partial charge in [-0.2, -0.15) is 0 Å². The molecule has 8 heteroatoms. The molecule has 1 aliphatic rings. The average molecular weight is 435 g/mol. The topological polar surface area (TPSA) is 94.2 Å². The first kappa shape index (κ1) is 24.5. The number of nitrogens with zero attached hydrogens (tertiary/aromatic N) is 1. The smallest absolute Gasteiger partial charge is 0.410 e. The van der Waals surface area contributed by atoms with Crippen molar-refractivity contribution in [2.24, 2.45) is 5.92 Å². The summed E-state index contributed by atoms with van der Waals surface area (Å²) in [5.41, 5.74) is 0.288. The number of carbonyl (C=O) groups is 3. The molecule has 0 saturated carbocycles. The van der Waals surface area contributed by atoms with E-state index in [1.807, 2.05) is 32.9 Å². The van der Waals surface area contributed by atoms with Crippen molar-refractivity contribution >= 4 is 18.0 Å². The Morgan fingerprint density at radius 2 is 1.74 bits per heavy atom. The lowest BCUT2D eigenvalue weighted by molar-refractivity contribution is -0.146. The standard InChI is InChI=1S/C23H34N2O6/c1-16(26)24-20(18-6-8-19(29-5)9-7-18)14-21(27)30-15-17-10-12-25(13-11-17)22(28)31-23(2,3)4/h6-9,17,20H,10-15H2,1-5H3,(H,24,26). The minimum atomic E-state index is -0.516. The zero-order valence-electron chi connectivity index (χ0n) is 19.1. The lowest BCUT2D eigenvalue weighted by atomic mass is 9.98. The Kier molecular flexibility index (Phi) is 8.71. The van der Waals surface area contributed by atoms with Gasteiger partial charge in [-0.15, -0.1) is 0 Å². The van der Waals surface area contributed by atoms with Crippen molar-refractivity contribution in [3.05, 3.63) is 29.8 Å². The molecule has 8 nitrogen and oxygen atoms in total. The van der Waals surface area contributed by atoms with Crippen LogP contribution in [0.4, 0.5) is 4.79 Å². The SMILES string of the molecule is COc1ccc(C(CC(=O)OCC2CCN(C(=O)OC(C)(C)C)CC2)NC(C)=O)cc1. The molecule has 0 aromatic heterocycles. The molecule has 0 aliphatic carbocycles. The van der Waals surface area contributed by atoms with E-state index in [-0.39, 0.29) is 30.3 Å². The minimum Gasteiger partial charge on any atom is -0.497 e. The van der Waals surface area contributed by atoms with E-state index in [1.54, 1.807) is 24.1 Å². The molecular formula is C23H34N2O6. The molecule has 1 atom stereocenters. The number of esters is 1. The van der Waals surface area contributed by atoms with Crippen molar-refractivity contribution in [3.63, 3.8) is 0 Å². The van der Waals surface area contributed by atoms with Gasteiger partial charge in [-0.25, -0.2) is 4.79 Å². The molecule has 0 bridgehead atoms. The molecule has 1 aliphatic heterocycles. The molecule has 0 spiro atoms. The summed E-state index contributed by atoms with van der Waals surface area (Å²) < 4.78 is 16.0. The second-order valence-electron chi connectivity index (χ2n) is 8.82. The molecule has 1 N–H and O–H groups in total. The van der Waals surface area contributed by atoms with E-state index in [0.717, 1.165) is 18.4 Å². The summed E-state index contributed by atoms with van der Waals surface area (Å²) >= 11 is 0. The maximum atomic E-state index is 12.4. The second-order valence-corrected chi connectivity index (χ2v) is 8.82. The van der Waals surface area contributed by atoms with E-state index in [2.05, 4.69) is 5.32 Å². The summed E-state index contributed by atoms with van der Waals surface area (Å²) in [7, 11) is 1.58. The second kappa shape index (κ2) is 11.0. The Hall–Kier alpha value is -2.77. The zero-order valence-corrected chi connectivity index (χ0v) is 19.1. The number of piperidine rings is 1. The summed E-state index contributed by atoms with van der Waals surface area (Å²) in [5, 5.41) is 2.80. The molecule has 0 radical (unpaired) electrons. The summed E-state index contributed by atoms with van der Waals surface area (Å²) in [4.78, 5) is 37.8. The van der Waals surface area contributed by atoms with Gasteiger partial charge in [0.1, 0.15) is 11.4 Å². The molecule has 1 saturated heterocycles. The number of rotatable bonds is 7. The molecule has 2 amide bonds. The van der Waals surface area contributed by atoms with Gasteiger partial charge >= 0.3 is 12.1 Å². The normalized spacial score (nSPS) is 15.7. The van der Waals surface area contributed by atoms with Gasteiger partial charge in [0.05, 0.1) is 26.2 Å². The average Bonchev–Trinajstić information content (AvgIpc) is 2.70. The van der Waals surface area contributed by atoms with Crippen LogP contribution in [0.5, 0.6) is 5.75 Å². The van der Waals surface area contributed by atoms with Crippen LogP contribution in [0.25, 0.3) is 0 Å². The number of hydrogen-bond acceptors (Lipinski definition) is 6. The van der Waals surface area contributed by atoms with Gasteiger partial charge in [0, 0.05) is 20.0 Å². The van der Waals surface area contributed by atoms with E-state index in [0.29, 0.717) is 25.4 Å². The molecule has 2 rings (SSSR count). The fourth-order valence-corrected chi connectivity index (χ4v) is 3.38. The van der Waals surface area contributed by atoms with Gasteiger partial charge < -0.3 is 24.4 Å². The molecule has 1 fully saturated rings. The number of ether oxygens (including phenoxy) is 3. The van der Waals surface area contributed by atoms with E-state index >= 15 is 0 Å². The van der Waals surface area contributed by atoms with E-state index < -0.39 is 11.6 Å². The number of likely N-dealkylation sites (tertiary alicyclic amines) is 1. The fourth-order valence-electron chi connectivity index (χ4n) is 3.38. The Bertz CT molecular complexity index is 748. The van der Waals surface area contributed by atoms with Gasteiger partial charge in [-0.05, 0) is 57.2 Å². The monoisotopic (exact) mass is 434 g/mol. The highest BCUT2D eigenvalue weighted by molar-refractivity contribution is 5.76. The zero-order chi connectivity index (χ0) is 23.0. The largest absolute Gasteiger partial charge is 0.497 e. The van der Waals surface area contributed by atoms with Crippen LogP contribution in [0.15, 0.2) is 24.3 Å². The van der Waals surface area contributed by atoms with E-state index in [1.165, 1.54) is 6.92 Å². The summed E-state index contributed by atoms with van der Waals surface area (Å²) in [5.74, 6) is 0.306. The van der Waals surface area contributed by atoms with Crippen molar-refractivity contribution in [1.82, 2.24) is 10.2 Å². The van der Waals surface area contributed by atoms with Gasteiger partial charge in [-0.3, -0.25) is 9.59 Å². The van der Waals surface area contributed by atoms with E-state index in [9.17, 15) is 14.4 Å². The first-order valence-corrected chi connectivity index (χ1v) is 10.6. The van der Waals surface area contributed by atoms with Crippen LogP contribution in [0.3, 0.4) is 0 Å². The molecule has 1 heterocycles. The predicted octanol–water partition coefficient (Wildman–Crippen LogP) is 3.45. The number of nitrogens with one attached hydrogen (secondary N) is 1. The van der Waals surface area contributed by atoms with Crippen LogP contribution < -0.4 is 10.1 Å². The van der Waals surface area contributed by atoms with Crippen molar-refractivity contribution in [2.75, 3.05) is 26.8 Å². The molecule has 1 aromatic carbocycles. The Balaban J connectivity index is 1.81. The Labute approximate surface area is 184 Å². The van der Waals surface area contributed by atoms with Gasteiger partial charge in [0.15, 0.2) is 0 Å². The number of amides is 2. The molecule has 1 unspecified atom stereocenters. The summed E-state index contributed by atoms with van der Waals surface area (Å²) in [6.45, 7) is 8.41. The summed E-state index contributed by atoms with van der Waals surface area (Å²) in [6.07, 6.45) is 1.24. The van der Waals surface area contributed by atoms with Crippen LogP contribution in [0, 0.1) is 5.92 Å². The van der Waals surface area contributed by atoms with Crippen LogP contribution in [-0.2, 0) is 19.1 Å². The van der Waals surface area contributed by atoms with Crippen LogP contribution in [-0.4, -0.2) is 55.3 Å². The maximum Gasteiger partial charge on any atom is 0.410 e. The highest BCUT2D eigenvalue weighted by Crippen LogP contribution is 2.23. The molecule has 1 aromatic rings. The number of methoxy groups -OCH3 is 1. The van der Waals surface area contributed by atoms with Crippen LogP contribution in [0.1, 0.15) is 58.6 Å². The van der Waals surface area contributed by atoms with Gasteiger partial charge in [0.2, 0.25) is 5.91 Å². The van der Waals surface area contributed by atoms with Crippen molar-refractivity contribution in [2.45, 2.75) is 58.6 Å². The van der Waals surface area contributed by atoms with E-state index in [4.69, 9.17) is 14.2 Å². The van der Waals surface area contributed by atoms with Crippen LogP contribution in [0.2, 0.25) is 0 Å². The lowest BCUT2D eigenvalue weighted by Gasteiger charge is -2.33. The molecule has 31 heavy (non-hydrogen) atoms. The fraction of sp³-hybridized carbons (Fsp3) is 0.609. The third-order valence-corrected chi connectivity index (χ3v) is 5.01. The van der Waals surface area contributed by atoms with Crippen molar-refractivity contribution in [3.8, 4) is 5.75 Å². The van der Waals surface area contributed by atoms with Gasteiger partial charge in [-0.1, -0.05) is 12.1 Å². The number of carbonyl (C=O) groups excluding carboxylic acids is 3. The van der Waals surface area contributed by atoms with Crippen molar-refractivity contribution in [1.29, 1.82) is 0 Å². The Morgan fingerprint density at radius 1 is 1.13 bits per heavy atom. The predicted molar refractivity (Wildman–Crippen MR) is 116 cm³/mol. The highest BCUT2D eigenvalue weighted by atomic mass is 16.6. The minimum absolute atomic E-state index is 0.0443.